The van der Waals surface area contributed by atoms with Gasteiger partial charge in [0.05, 0.1) is 0 Å². The van der Waals surface area contributed by atoms with Gasteiger partial charge in [0.2, 0.25) is 20.6 Å². The van der Waals surface area contributed by atoms with E-state index >= 15 is 0 Å². The van der Waals surface area contributed by atoms with E-state index in [0.717, 1.165) is 0 Å². The fraction of sp³-hybridized carbons (Fsp3) is 0. The Morgan fingerprint density at radius 1 is 0.800 bits per heavy atom. The highest BCUT2D eigenvalue weighted by atomic mass is 32.2. The molecule has 0 aromatic carbocycles. The molecule has 56 valence electrons. The van der Waals surface area contributed by atoms with E-state index in [1.165, 1.54) is 0 Å². The minimum atomic E-state index is -2.44. The zero-order valence-corrected chi connectivity index (χ0v) is 6.13. The van der Waals surface area contributed by atoms with Crippen molar-refractivity contribution in [3.05, 3.63) is 0 Å². The van der Waals surface area contributed by atoms with Gasteiger partial charge in [0, 0.05) is 0 Å². The molecule has 0 saturated heterocycles. The highest BCUT2D eigenvalue weighted by Crippen LogP contribution is 1.60. The first-order chi connectivity index (χ1) is 4.63. The summed E-state index contributed by atoms with van der Waals surface area (Å²) in [5, 5.41) is 5.70. The van der Waals surface area contributed by atoms with E-state index in [1.807, 2.05) is 0 Å². The van der Waals surface area contributed by atoms with Crippen molar-refractivity contribution >= 4 is 31.6 Å². The number of azo groups is 1. The van der Waals surface area contributed by atoms with Gasteiger partial charge in [-0.3, -0.25) is 0 Å². The van der Waals surface area contributed by atoms with Crippen LogP contribution in [0.5, 0.6) is 0 Å². The molecule has 0 aliphatic heterocycles. The van der Waals surface area contributed by atoms with Crippen LogP contribution in [0.1, 0.15) is 0 Å². The third-order valence-electron chi connectivity index (χ3n) is 0.333. The van der Waals surface area contributed by atoms with E-state index in [9.17, 15) is 16.8 Å². The van der Waals surface area contributed by atoms with Gasteiger partial charge in [-0.15, -0.1) is 10.2 Å². The fourth-order valence-corrected chi connectivity index (χ4v) is 0.394. The molecule has 0 heterocycles. The second kappa shape index (κ2) is 4.82. The van der Waals surface area contributed by atoms with Crippen molar-refractivity contribution in [2.24, 2.45) is 10.2 Å². The Bertz CT molecular complexity index is 317. The maximum absolute atomic E-state index is 9.67. The molecule has 0 aliphatic carbocycles. The van der Waals surface area contributed by atoms with Gasteiger partial charge in [0.1, 0.15) is 0 Å². The van der Waals surface area contributed by atoms with E-state index in [0.29, 0.717) is 11.0 Å². The minimum absolute atomic E-state index is 0.476. The zero-order chi connectivity index (χ0) is 7.98. The normalized spacial score (nSPS) is 9.20. The summed E-state index contributed by atoms with van der Waals surface area (Å²) in [5.74, 6) is 0. The van der Waals surface area contributed by atoms with Crippen molar-refractivity contribution in [3.8, 4) is 0 Å². The Morgan fingerprint density at radius 3 is 1.30 bits per heavy atom. The first-order valence-electron chi connectivity index (χ1n) is 1.85. The number of rotatable bonds is 2. The Kier molecular flexibility index (Phi) is 4.33. The standard InChI is InChI=1S/C2H2N2O4S2/c5-9(6)1-3-4-2-10(7)8/h1-2H. The summed E-state index contributed by atoms with van der Waals surface area (Å²) in [6, 6.07) is 0. The van der Waals surface area contributed by atoms with Gasteiger partial charge in [-0.25, -0.2) is 0 Å². The summed E-state index contributed by atoms with van der Waals surface area (Å²) in [4.78, 5) is 0. The van der Waals surface area contributed by atoms with Crippen LogP contribution < -0.4 is 0 Å². The fourth-order valence-electron chi connectivity index (χ4n) is 0.131. The van der Waals surface area contributed by atoms with Crippen LogP contribution in [-0.4, -0.2) is 27.8 Å². The lowest BCUT2D eigenvalue weighted by Gasteiger charge is -1.60. The molecule has 0 bridgehead atoms. The summed E-state index contributed by atoms with van der Waals surface area (Å²) in [6.07, 6.45) is 0. The van der Waals surface area contributed by atoms with Crippen LogP contribution >= 0.6 is 0 Å². The van der Waals surface area contributed by atoms with Crippen LogP contribution in [0.2, 0.25) is 0 Å². The van der Waals surface area contributed by atoms with Crippen LogP contribution in [0.15, 0.2) is 10.2 Å². The Labute approximate surface area is 59.3 Å². The molecule has 0 radical (unpaired) electrons. The zero-order valence-electron chi connectivity index (χ0n) is 4.50. The SMILES string of the molecule is O=S(=O)=CN=NC=S(=O)=O. The maximum Gasteiger partial charge on any atom is 0.234 e. The number of hydrogen-bond acceptors (Lipinski definition) is 4. The van der Waals surface area contributed by atoms with Gasteiger partial charge in [-0.1, -0.05) is 0 Å². The predicted octanol–water partition coefficient (Wildman–Crippen LogP) is -1.28. The third kappa shape index (κ3) is 6.98. The Hall–Kier alpha value is -1.02. The van der Waals surface area contributed by atoms with Gasteiger partial charge in [0.25, 0.3) is 0 Å². The molecule has 0 fully saturated rings. The number of nitrogens with zero attached hydrogens (tertiary/aromatic N) is 2. The van der Waals surface area contributed by atoms with Crippen molar-refractivity contribution in [1.29, 1.82) is 0 Å². The van der Waals surface area contributed by atoms with Crippen molar-refractivity contribution < 1.29 is 16.8 Å². The highest BCUT2D eigenvalue weighted by Gasteiger charge is 1.66. The molecule has 0 N–H and O–H groups in total. The molecule has 0 unspecified atom stereocenters. The van der Waals surface area contributed by atoms with Crippen LogP contribution in [-0.2, 0) is 20.6 Å². The smallest absolute Gasteiger partial charge is 0.183 e. The van der Waals surface area contributed by atoms with Gasteiger partial charge in [-0.2, -0.15) is 16.8 Å². The Morgan fingerprint density at radius 2 is 1.10 bits per heavy atom. The van der Waals surface area contributed by atoms with Crippen LogP contribution in [0.3, 0.4) is 0 Å². The van der Waals surface area contributed by atoms with E-state index in [1.54, 1.807) is 0 Å². The molecule has 0 amide bonds. The average molecular weight is 182 g/mol. The second-order valence-corrected chi connectivity index (χ2v) is 2.43. The van der Waals surface area contributed by atoms with E-state index in [-0.39, 0.29) is 0 Å². The molecule has 6 nitrogen and oxygen atoms in total. The molecule has 0 aromatic heterocycles. The highest BCUT2D eigenvalue weighted by molar-refractivity contribution is 7.71. The van der Waals surface area contributed by atoms with Crippen molar-refractivity contribution in [2.45, 2.75) is 0 Å². The van der Waals surface area contributed by atoms with Gasteiger partial charge < -0.3 is 0 Å². The summed E-state index contributed by atoms with van der Waals surface area (Å²) in [7, 11) is -4.87. The van der Waals surface area contributed by atoms with E-state index in [4.69, 9.17) is 0 Å². The van der Waals surface area contributed by atoms with Crippen LogP contribution in [0.4, 0.5) is 0 Å². The van der Waals surface area contributed by atoms with Crippen molar-refractivity contribution in [2.75, 3.05) is 0 Å². The van der Waals surface area contributed by atoms with Gasteiger partial charge in [0.15, 0.2) is 11.0 Å². The second-order valence-electron chi connectivity index (χ2n) is 0.963. The van der Waals surface area contributed by atoms with Crippen molar-refractivity contribution in [3.63, 3.8) is 0 Å². The molecule has 0 spiro atoms. The predicted molar refractivity (Wildman–Crippen MR) is 34.8 cm³/mol. The van der Waals surface area contributed by atoms with E-state index < -0.39 is 20.6 Å². The lowest BCUT2D eigenvalue weighted by molar-refractivity contribution is 0.625. The first kappa shape index (κ1) is 8.98. The van der Waals surface area contributed by atoms with Crippen molar-refractivity contribution in [1.82, 2.24) is 0 Å². The largest absolute Gasteiger partial charge is 0.234 e. The third-order valence-corrected chi connectivity index (χ3v) is 0.866. The van der Waals surface area contributed by atoms with E-state index in [2.05, 4.69) is 10.2 Å². The van der Waals surface area contributed by atoms with Crippen LogP contribution in [0, 0.1) is 0 Å². The topological polar surface area (TPSA) is 93.0 Å². The Balaban J connectivity index is 4.33. The molecule has 8 heteroatoms. The molecule has 0 atom stereocenters. The molecule has 10 heavy (non-hydrogen) atoms. The molecule has 0 aromatic rings. The quantitative estimate of drug-likeness (QED) is 0.392. The molecular weight excluding hydrogens is 180 g/mol. The maximum atomic E-state index is 9.67. The summed E-state index contributed by atoms with van der Waals surface area (Å²) in [5.41, 5.74) is 0.951. The average Bonchev–Trinajstić information content (AvgIpc) is 1.79. The molecule has 0 rings (SSSR count). The molecule has 0 aliphatic rings. The lowest BCUT2D eigenvalue weighted by atomic mass is 11.4. The summed E-state index contributed by atoms with van der Waals surface area (Å²) >= 11 is 0. The minimum Gasteiger partial charge on any atom is -0.183 e. The van der Waals surface area contributed by atoms with Crippen LogP contribution in [0.25, 0.3) is 0 Å². The lowest BCUT2D eigenvalue weighted by Crippen LogP contribution is -1.68. The first-order valence-corrected chi connectivity index (χ1v) is 4.13. The summed E-state index contributed by atoms with van der Waals surface area (Å²) < 4.78 is 38.7. The number of hydrogen-bond donors (Lipinski definition) is 0. The summed E-state index contributed by atoms with van der Waals surface area (Å²) in [6.45, 7) is 0. The van der Waals surface area contributed by atoms with Gasteiger partial charge in [-0.05, 0) is 0 Å². The molecule has 0 saturated carbocycles. The monoisotopic (exact) mass is 182 g/mol. The molecular formula is C2H2N2O4S2. The van der Waals surface area contributed by atoms with Gasteiger partial charge >= 0.3 is 0 Å².